The van der Waals surface area contributed by atoms with Gasteiger partial charge in [-0.05, 0) is 62.7 Å². The first-order chi connectivity index (χ1) is 9.18. The fraction of sp³-hybridized carbons (Fsp3) is 0.571. The Kier molecular flexibility index (Phi) is 4.20. The van der Waals surface area contributed by atoms with Crippen LogP contribution < -0.4 is 10.2 Å². The maximum atomic E-state index is 13.7. The van der Waals surface area contributed by atoms with Gasteiger partial charge in [0.1, 0.15) is 11.6 Å². The van der Waals surface area contributed by atoms with E-state index in [2.05, 4.69) is 15.9 Å². The lowest BCUT2D eigenvalue weighted by atomic mass is 9.78. The summed E-state index contributed by atoms with van der Waals surface area (Å²) in [6.45, 7) is 10.2. The molecule has 0 spiro atoms. The first-order valence-corrected chi connectivity index (χ1v) is 7.44. The lowest BCUT2D eigenvalue weighted by molar-refractivity contribution is 0.00578. The SMILES string of the molecule is CCOc1c(Br)cc(F)cc1B1OC(C)(C)C(C)(C)O1. The molecule has 0 atom stereocenters. The molecule has 1 aromatic rings. The molecular formula is C14H19BBrFO3. The van der Waals surface area contributed by atoms with Crippen molar-refractivity contribution >= 4 is 28.5 Å². The quantitative estimate of drug-likeness (QED) is 0.787. The van der Waals surface area contributed by atoms with E-state index in [0.29, 0.717) is 22.3 Å². The number of hydrogen-bond donors (Lipinski definition) is 0. The van der Waals surface area contributed by atoms with E-state index in [1.54, 1.807) is 0 Å². The first kappa shape index (κ1) is 15.8. The first-order valence-electron chi connectivity index (χ1n) is 6.65. The van der Waals surface area contributed by atoms with E-state index in [9.17, 15) is 4.39 Å². The van der Waals surface area contributed by atoms with Gasteiger partial charge in [0, 0.05) is 5.46 Å². The van der Waals surface area contributed by atoms with Crippen LogP contribution in [0, 0.1) is 5.82 Å². The molecule has 0 saturated carbocycles. The molecule has 2 rings (SSSR count). The Morgan fingerprint density at radius 3 is 2.25 bits per heavy atom. The summed E-state index contributed by atoms with van der Waals surface area (Å²) in [5, 5.41) is 0. The van der Waals surface area contributed by atoms with Gasteiger partial charge >= 0.3 is 7.12 Å². The Balaban J connectivity index is 2.44. The van der Waals surface area contributed by atoms with Crippen molar-refractivity contribution < 1.29 is 18.4 Å². The third-order valence-electron chi connectivity index (χ3n) is 3.83. The second kappa shape index (κ2) is 5.32. The van der Waals surface area contributed by atoms with Gasteiger partial charge in [0.25, 0.3) is 0 Å². The molecule has 0 unspecified atom stereocenters. The predicted octanol–water partition coefficient (Wildman–Crippen LogP) is 3.29. The molecule has 0 radical (unpaired) electrons. The van der Waals surface area contributed by atoms with E-state index < -0.39 is 18.3 Å². The minimum Gasteiger partial charge on any atom is -0.493 e. The number of halogens is 2. The third-order valence-corrected chi connectivity index (χ3v) is 4.42. The second-order valence-electron chi connectivity index (χ2n) is 5.83. The van der Waals surface area contributed by atoms with Gasteiger partial charge in [-0.15, -0.1) is 0 Å². The van der Waals surface area contributed by atoms with E-state index in [1.165, 1.54) is 12.1 Å². The second-order valence-corrected chi connectivity index (χ2v) is 6.68. The van der Waals surface area contributed by atoms with E-state index in [4.69, 9.17) is 14.0 Å². The molecular weight excluding hydrogens is 326 g/mol. The molecule has 0 bridgehead atoms. The van der Waals surface area contributed by atoms with Crippen molar-refractivity contribution in [1.29, 1.82) is 0 Å². The summed E-state index contributed by atoms with van der Waals surface area (Å²) in [5.74, 6) is 0.206. The van der Waals surface area contributed by atoms with Crippen LogP contribution in [0.5, 0.6) is 5.75 Å². The molecule has 1 fully saturated rings. The zero-order chi connectivity index (χ0) is 15.1. The summed E-state index contributed by atoms with van der Waals surface area (Å²) in [5.41, 5.74) is -0.378. The smallest absolute Gasteiger partial charge is 0.493 e. The fourth-order valence-electron chi connectivity index (χ4n) is 2.02. The third kappa shape index (κ3) is 2.74. The van der Waals surface area contributed by atoms with Crippen LogP contribution >= 0.6 is 15.9 Å². The normalized spacial score (nSPS) is 20.2. The maximum Gasteiger partial charge on any atom is 0.498 e. The van der Waals surface area contributed by atoms with Gasteiger partial charge in [-0.3, -0.25) is 0 Å². The monoisotopic (exact) mass is 344 g/mol. The van der Waals surface area contributed by atoms with Crippen molar-refractivity contribution in [2.45, 2.75) is 45.8 Å². The molecule has 0 amide bonds. The molecule has 0 aromatic heterocycles. The van der Waals surface area contributed by atoms with Crippen LogP contribution in [-0.4, -0.2) is 24.9 Å². The summed E-state index contributed by atoms with van der Waals surface area (Å²) in [4.78, 5) is 0. The van der Waals surface area contributed by atoms with Gasteiger partial charge < -0.3 is 14.0 Å². The summed E-state index contributed by atoms with van der Waals surface area (Å²) in [6, 6.07) is 2.78. The van der Waals surface area contributed by atoms with Crippen LogP contribution in [0.4, 0.5) is 4.39 Å². The number of rotatable bonds is 3. The average molecular weight is 345 g/mol. The van der Waals surface area contributed by atoms with Crippen molar-refractivity contribution in [2.75, 3.05) is 6.61 Å². The highest BCUT2D eigenvalue weighted by atomic mass is 79.9. The molecule has 1 heterocycles. The van der Waals surface area contributed by atoms with E-state index in [1.807, 2.05) is 34.6 Å². The Morgan fingerprint density at radius 1 is 1.20 bits per heavy atom. The van der Waals surface area contributed by atoms with Gasteiger partial charge in [0.05, 0.1) is 22.3 Å². The van der Waals surface area contributed by atoms with E-state index in [0.717, 1.165) is 0 Å². The highest BCUT2D eigenvalue weighted by Crippen LogP contribution is 2.38. The molecule has 1 aromatic carbocycles. The standard InChI is InChI=1S/C14H19BBrFO3/c1-6-18-12-10(7-9(17)8-11(12)16)15-19-13(2,3)14(4,5)20-15/h7-8H,6H2,1-5H3. The Morgan fingerprint density at radius 2 is 1.75 bits per heavy atom. The van der Waals surface area contributed by atoms with Crippen molar-refractivity contribution in [3.05, 3.63) is 22.4 Å². The highest BCUT2D eigenvalue weighted by Gasteiger charge is 2.52. The lowest BCUT2D eigenvalue weighted by Crippen LogP contribution is -2.41. The molecule has 1 saturated heterocycles. The molecule has 20 heavy (non-hydrogen) atoms. The van der Waals surface area contributed by atoms with Crippen molar-refractivity contribution in [1.82, 2.24) is 0 Å². The summed E-state index contributed by atoms with van der Waals surface area (Å²) in [7, 11) is -0.645. The average Bonchev–Trinajstić information content (AvgIpc) is 2.51. The van der Waals surface area contributed by atoms with E-state index in [-0.39, 0.29) is 5.82 Å². The maximum absolute atomic E-state index is 13.7. The van der Waals surface area contributed by atoms with Gasteiger partial charge in [-0.1, -0.05) is 0 Å². The molecule has 1 aliphatic rings. The fourth-order valence-corrected chi connectivity index (χ4v) is 2.58. The minimum absolute atomic E-state index is 0.356. The molecule has 0 aliphatic carbocycles. The Bertz CT molecular complexity index is 503. The number of hydrogen-bond acceptors (Lipinski definition) is 3. The van der Waals surface area contributed by atoms with Crippen LogP contribution in [0.15, 0.2) is 16.6 Å². The molecule has 1 aliphatic heterocycles. The Labute approximate surface area is 128 Å². The van der Waals surface area contributed by atoms with Crippen molar-refractivity contribution in [3.63, 3.8) is 0 Å². The largest absolute Gasteiger partial charge is 0.498 e. The van der Waals surface area contributed by atoms with Crippen LogP contribution in [0.2, 0.25) is 0 Å². The van der Waals surface area contributed by atoms with E-state index >= 15 is 0 Å². The lowest BCUT2D eigenvalue weighted by Gasteiger charge is -2.32. The number of benzene rings is 1. The molecule has 3 nitrogen and oxygen atoms in total. The van der Waals surface area contributed by atoms with Gasteiger partial charge in [0.15, 0.2) is 0 Å². The minimum atomic E-state index is -0.645. The molecule has 110 valence electrons. The summed E-state index contributed by atoms with van der Waals surface area (Å²) in [6.07, 6.45) is 0. The highest BCUT2D eigenvalue weighted by molar-refractivity contribution is 9.10. The van der Waals surface area contributed by atoms with Gasteiger partial charge in [0.2, 0.25) is 0 Å². The molecule has 6 heteroatoms. The number of ether oxygens (including phenoxy) is 1. The van der Waals surface area contributed by atoms with Crippen molar-refractivity contribution in [2.24, 2.45) is 0 Å². The van der Waals surface area contributed by atoms with Crippen LogP contribution in [0.25, 0.3) is 0 Å². The van der Waals surface area contributed by atoms with Gasteiger partial charge in [-0.25, -0.2) is 4.39 Å². The van der Waals surface area contributed by atoms with Crippen LogP contribution in [0.3, 0.4) is 0 Å². The molecule has 0 N–H and O–H groups in total. The van der Waals surface area contributed by atoms with Gasteiger partial charge in [-0.2, -0.15) is 0 Å². The van der Waals surface area contributed by atoms with Crippen LogP contribution in [0.1, 0.15) is 34.6 Å². The van der Waals surface area contributed by atoms with Crippen LogP contribution in [-0.2, 0) is 9.31 Å². The zero-order valence-corrected chi connectivity index (χ0v) is 14.0. The summed E-state index contributed by atoms with van der Waals surface area (Å²) < 4.78 is 31.8. The Hall–Kier alpha value is -0.585. The van der Waals surface area contributed by atoms with Crippen molar-refractivity contribution in [3.8, 4) is 5.75 Å². The topological polar surface area (TPSA) is 27.7 Å². The summed E-state index contributed by atoms with van der Waals surface area (Å²) >= 11 is 3.33. The zero-order valence-electron chi connectivity index (χ0n) is 12.4. The predicted molar refractivity (Wildman–Crippen MR) is 81.0 cm³/mol.